The summed E-state index contributed by atoms with van der Waals surface area (Å²) in [6.45, 7) is 2.31. The van der Waals surface area contributed by atoms with E-state index in [2.05, 4.69) is 32.8 Å². The van der Waals surface area contributed by atoms with Crippen molar-refractivity contribution < 1.29 is 66.2 Å². The van der Waals surface area contributed by atoms with Gasteiger partial charge in [0.25, 0.3) is 11.8 Å². The quantitative estimate of drug-likeness (QED) is 0.0140. The summed E-state index contributed by atoms with van der Waals surface area (Å²) in [7, 11) is -5.92. The highest BCUT2D eigenvalue weighted by Crippen LogP contribution is 2.59. The summed E-state index contributed by atoms with van der Waals surface area (Å²) in [5.74, 6) is 1.70. The van der Waals surface area contributed by atoms with E-state index in [1.54, 1.807) is 12.1 Å². The minimum absolute atomic E-state index is 0.0191. The smallest absolute Gasteiger partial charge is 0.376 e. The van der Waals surface area contributed by atoms with Crippen molar-refractivity contribution in [2.45, 2.75) is 145 Å². The molecule has 7 amide bonds. The predicted molar refractivity (Wildman–Crippen MR) is 305 cm³/mol. The third kappa shape index (κ3) is 15.2. The molecule has 1 aromatic heterocycles. The maximum atomic E-state index is 14.9. The second kappa shape index (κ2) is 28.0. The van der Waals surface area contributed by atoms with Crippen LogP contribution in [-0.4, -0.2) is 115 Å². The Morgan fingerprint density at radius 3 is 2.27 bits per heavy atom. The summed E-state index contributed by atoms with van der Waals surface area (Å²) < 4.78 is 47.5. The van der Waals surface area contributed by atoms with Gasteiger partial charge in [0, 0.05) is 86.0 Å². The number of aromatic nitrogens is 1. The minimum Gasteiger partial charge on any atom is -0.376 e. The van der Waals surface area contributed by atoms with Gasteiger partial charge in [0.1, 0.15) is 18.1 Å². The summed E-state index contributed by atoms with van der Waals surface area (Å²) in [4.78, 5) is 134. The molecule has 0 aliphatic carbocycles. The SMILES string of the molecule is CCCC[C@H](NC(=O)c1cnc2ccc(C(F)(F)P(=O)(O)O)cc2c1)C(=O)N1C[C@H](OCCCCCCC#Cc2cccc3c2CN(C2CCC(=O)NC2=O)C3=O)C[C@H]1C(=O)N[C@@H](CCC(N)=O)C(=O)CC(c1ccccc1)c1ccccc1. The standard InChI is InChI=1S/C62H68F2N7O12P/c1-2-3-24-51(68-57(75)43-32-42-33-44(25-26-49(42)66-36-43)62(63,64)84(80,81)82)61(79)70-37-45(34-53(70)59(77)67-50(27-29-55(65)73)54(72)35-47(39-17-11-8-12-18-39)40-19-13-9-14-20-40)83-31-15-7-5-4-6-10-21-41-22-16-23-46-48(41)38-71(60(46)78)52-28-30-56(74)69-58(52)76/h8-9,11-14,16-20,22-23,25-26,32-33,36,45,47,50-53H,2-7,15,24,27-31,34-35,37-38H2,1H3,(H2,65,73)(H,67,77)(H,68,75)(H,69,74,76)(H2,80,81,82)/t45-,50+,51+,52?,53+/m1/s1. The molecule has 0 spiro atoms. The van der Waals surface area contributed by atoms with Crippen LogP contribution in [0.4, 0.5) is 8.78 Å². The molecule has 0 saturated carbocycles. The molecule has 5 atom stereocenters. The van der Waals surface area contributed by atoms with Crippen LogP contribution in [0.2, 0.25) is 0 Å². The number of carbonyl (C=O) groups is 8. The van der Waals surface area contributed by atoms with E-state index in [1.807, 2.05) is 73.7 Å². The minimum atomic E-state index is -5.92. The van der Waals surface area contributed by atoms with Crippen LogP contribution >= 0.6 is 7.60 Å². The zero-order valence-electron chi connectivity index (χ0n) is 46.5. The predicted octanol–water partition coefficient (Wildman–Crippen LogP) is 7.04. The Labute approximate surface area is 485 Å². The largest absolute Gasteiger partial charge is 0.399 e. The number of pyridine rings is 1. The third-order valence-electron chi connectivity index (χ3n) is 15.5. The number of nitrogens with one attached hydrogen (secondary N) is 3. The van der Waals surface area contributed by atoms with E-state index in [9.17, 15) is 61.5 Å². The van der Waals surface area contributed by atoms with Crippen molar-refractivity contribution in [3.63, 3.8) is 0 Å². The molecule has 84 heavy (non-hydrogen) atoms. The van der Waals surface area contributed by atoms with Crippen molar-refractivity contribution in [2.24, 2.45) is 5.73 Å². The Kier molecular flexibility index (Phi) is 20.7. The van der Waals surface area contributed by atoms with Gasteiger partial charge in [-0.1, -0.05) is 117 Å². The van der Waals surface area contributed by atoms with E-state index in [1.165, 1.54) is 22.1 Å². The van der Waals surface area contributed by atoms with Gasteiger partial charge in [0.15, 0.2) is 5.78 Å². The number of benzene rings is 4. The van der Waals surface area contributed by atoms with Crippen LogP contribution in [0.3, 0.4) is 0 Å². The number of halogens is 2. The number of amides is 7. The summed E-state index contributed by atoms with van der Waals surface area (Å²) in [6.07, 6.45) is 5.27. The Morgan fingerprint density at radius 2 is 1.60 bits per heavy atom. The van der Waals surface area contributed by atoms with Crippen LogP contribution < -0.4 is 21.7 Å². The molecule has 2 fully saturated rings. The molecule has 22 heteroatoms. The number of hydrogen-bond donors (Lipinski definition) is 6. The normalized spacial score (nSPS) is 17.7. The van der Waals surface area contributed by atoms with Crippen LogP contribution in [-0.2, 0) is 50.3 Å². The van der Waals surface area contributed by atoms with Crippen LogP contribution in [0, 0.1) is 11.8 Å². The molecule has 2 saturated heterocycles. The van der Waals surface area contributed by atoms with Crippen molar-refractivity contribution in [1.29, 1.82) is 0 Å². The molecule has 19 nitrogen and oxygen atoms in total. The molecule has 0 bridgehead atoms. The number of piperidine rings is 1. The highest BCUT2D eigenvalue weighted by Gasteiger charge is 2.50. The Balaban J connectivity index is 0.948. The van der Waals surface area contributed by atoms with Gasteiger partial charge in [0.2, 0.25) is 29.5 Å². The molecular formula is C62H68F2N7O12P. The van der Waals surface area contributed by atoms with Gasteiger partial charge in [-0.05, 0) is 79.1 Å². The van der Waals surface area contributed by atoms with Crippen molar-refractivity contribution >= 4 is 65.6 Å². The molecule has 4 aromatic carbocycles. The summed E-state index contributed by atoms with van der Waals surface area (Å²) >= 11 is 0. The molecule has 3 aliphatic rings. The number of unbranched alkanes of at least 4 members (excludes halogenated alkanes) is 5. The molecule has 7 N–H and O–H groups in total. The Bertz CT molecular complexity index is 3350. The molecule has 0 radical (unpaired) electrons. The van der Waals surface area contributed by atoms with E-state index in [4.69, 9.17) is 10.5 Å². The number of hydrogen-bond acceptors (Lipinski definition) is 11. The van der Waals surface area contributed by atoms with Crippen molar-refractivity contribution in [2.75, 3.05) is 13.2 Å². The lowest BCUT2D eigenvalue weighted by Gasteiger charge is -2.30. The Morgan fingerprint density at radius 1 is 0.881 bits per heavy atom. The maximum Gasteiger partial charge on any atom is 0.399 e. The first kappa shape index (κ1) is 62.0. The van der Waals surface area contributed by atoms with E-state index >= 15 is 0 Å². The lowest BCUT2D eigenvalue weighted by Crippen LogP contribution is -2.55. The van der Waals surface area contributed by atoms with Crippen molar-refractivity contribution in [3.8, 4) is 11.8 Å². The average Bonchev–Trinajstić information content (AvgIpc) is 4.25. The second-order valence-electron chi connectivity index (χ2n) is 21.4. The van der Waals surface area contributed by atoms with Crippen molar-refractivity contribution in [3.05, 3.63) is 148 Å². The number of carbonyl (C=O) groups excluding carboxylic acids is 8. The van der Waals surface area contributed by atoms with Gasteiger partial charge >= 0.3 is 13.3 Å². The van der Waals surface area contributed by atoms with E-state index in [0.29, 0.717) is 36.8 Å². The van der Waals surface area contributed by atoms with Gasteiger partial charge in [-0.2, -0.15) is 8.78 Å². The fourth-order valence-corrected chi connectivity index (χ4v) is 11.4. The molecule has 8 rings (SSSR count). The summed E-state index contributed by atoms with van der Waals surface area (Å²) in [5.41, 5.74) is 3.72. The van der Waals surface area contributed by atoms with Gasteiger partial charge in [0.05, 0.1) is 23.2 Å². The number of nitrogens with zero attached hydrogens (tertiary/aromatic N) is 3. The lowest BCUT2D eigenvalue weighted by atomic mass is 9.85. The monoisotopic (exact) mass is 1170 g/mol. The summed E-state index contributed by atoms with van der Waals surface area (Å²) in [6, 6.07) is 23.8. The first-order valence-corrected chi connectivity index (χ1v) is 29.9. The van der Waals surface area contributed by atoms with E-state index in [-0.39, 0.29) is 98.7 Å². The van der Waals surface area contributed by atoms with Crippen LogP contribution in [0.1, 0.15) is 151 Å². The second-order valence-corrected chi connectivity index (χ2v) is 23.1. The summed E-state index contributed by atoms with van der Waals surface area (Å²) in [5, 5.41) is 7.91. The molecule has 3 aliphatic heterocycles. The first-order chi connectivity index (χ1) is 40.2. The number of ether oxygens (including phenoxy) is 1. The number of rotatable bonds is 26. The highest BCUT2D eigenvalue weighted by atomic mass is 31.2. The number of imide groups is 1. The first-order valence-electron chi connectivity index (χ1n) is 28.3. The highest BCUT2D eigenvalue weighted by molar-refractivity contribution is 7.52. The molecule has 1 unspecified atom stereocenters. The van der Waals surface area contributed by atoms with Crippen LogP contribution in [0.25, 0.3) is 10.9 Å². The van der Waals surface area contributed by atoms with Crippen molar-refractivity contribution in [1.82, 2.24) is 30.7 Å². The number of Topliss-reactive ketones (excluding diaryl/α,β-unsaturated/α-hetero) is 1. The third-order valence-corrected chi connectivity index (χ3v) is 16.5. The number of primary amides is 1. The zero-order chi connectivity index (χ0) is 60.1. The molecule has 4 heterocycles. The maximum absolute atomic E-state index is 14.9. The number of ketones is 1. The number of likely N-dealkylation sites (tertiary alicyclic amines) is 1. The van der Waals surface area contributed by atoms with Gasteiger partial charge in [-0.3, -0.25) is 53.2 Å². The average molecular weight is 1170 g/mol. The number of nitrogens with two attached hydrogens (primary N) is 1. The molecule has 5 aromatic rings. The topological polar surface area (TPSA) is 285 Å². The number of alkyl halides is 2. The van der Waals surface area contributed by atoms with E-state index in [0.717, 1.165) is 54.2 Å². The molecule has 442 valence electrons. The molecular weight excluding hydrogens is 1100 g/mol. The van der Waals surface area contributed by atoms with Gasteiger partial charge < -0.3 is 40.7 Å². The zero-order valence-corrected chi connectivity index (χ0v) is 47.4. The van der Waals surface area contributed by atoms with Gasteiger partial charge in [-0.15, -0.1) is 0 Å². The fourth-order valence-electron chi connectivity index (χ4n) is 10.9. The van der Waals surface area contributed by atoms with Crippen LogP contribution in [0.5, 0.6) is 0 Å². The van der Waals surface area contributed by atoms with E-state index < -0.39 is 84.5 Å². The fraction of sp³-hybridized carbons (Fsp3) is 0.403. The lowest BCUT2D eigenvalue weighted by molar-refractivity contribution is -0.141. The Hall–Kier alpha value is -8.02. The van der Waals surface area contributed by atoms with Gasteiger partial charge in [-0.25, -0.2) is 0 Å². The number of fused-ring (bicyclic) bond motifs is 2. The van der Waals surface area contributed by atoms with Crippen LogP contribution in [0.15, 0.2) is 109 Å².